The van der Waals surface area contributed by atoms with Gasteiger partial charge in [0.1, 0.15) is 7.85 Å². The van der Waals surface area contributed by atoms with E-state index in [0.29, 0.717) is 5.47 Å². The zero-order valence-corrected chi connectivity index (χ0v) is 11.5. The first kappa shape index (κ1) is 15.4. The van der Waals surface area contributed by atoms with E-state index in [4.69, 9.17) is 7.85 Å². The topological polar surface area (TPSA) is 0 Å². The van der Waals surface area contributed by atoms with Crippen LogP contribution in [-0.4, -0.2) is 7.85 Å². The summed E-state index contributed by atoms with van der Waals surface area (Å²) in [7, 11) is 5.51. The Balaban J connectivity index is 4.77. The molecule has 0 aliphatic rings. The fraction of sp³-hybridized carbons (Fsp3) is 0.429. The van der Waals surface area contributed by atoms with Gasteiger partial charge in [0.05, 0.1) is 0 Å². The highest BCUT2D eigenvalue weighted by Crippen LogP contribution is 2.23. The van der Waals surface area contributed by atoms with Crippen molar-refractivity contribution in [2.75, 3.05) is 0 Å². The molecule has 0 aromatic rings. The van der Waals surface area contributed by atoms with Crippen molar-refractivity contribution in [3.05, 3.63) is 46.3 Å². The third kappa shape index (κ3) is 6.07. The fourth-order valence-corrected chi connectivity index (χ4v) is 1.62. The van der Waals surface area contributed by atoms with E-state index in [9.17, 15) is 0 Å². The van der Waals surface area contributed by atoms with Crippen molar-refractivity contribution in [3.63, 3.8) is 0 Å². The van der Waals surface area contributed by atoms with Gasteiger partial charge >= 0.3 is 0 Å². The first-order chi connectivity index (χ1) is 7.52. The molecule has 2 heteroatoms. The molecular formula is C14H21BS. The zero-order chi connectivity index (χ0) is 12.6. The van der Waals surface area contributed by atoms with Gasteiger partial charge in [0.2, 0.25) is 0 Å². The van der Waals surface area contributed by atoms with E-state index in [0.717, 1.165) is 16.9 Å². The first-order valence-electron chi connectivity index (χ1n) is 5.70. The summed E-state index contributed by atoms with van der Waals surface area (Å²) in [6.07, 6.45) is 9.29. The highest BCUT2D eigenvalue weighted by atomic mass is 32.1. The molecule has 0 nitrogen and oxygen atoms in total. The third-order valence-electron chi connectivity index (χ3n) is 2.42. The van der Waals surface area contributed by atoms with E-state index in [2.05, 4.69) is 39.1 Å². The Morgan fingerprint density at radius 1 is 1.38 bits per heavy atom. The van der Waals surface area contributed by atoms with Gasteiger partial charge in [-0.2, -0.15) is 0 Å². The van der Waals surface area contributed by atoms with E-state index < -0.39 is 0 Å². The van der Waals surface area contributed by atoms with E-state index in [1.165, 1.54) is 18.4 Å². The minimum atomic E-state index is 0.571. The summed E-state index contributed by atoms with van der Waals surface area (Å²) in [5, 5.41) is 0. The Labute approximate surface area is 107 Å². The normalized spacial score (nSPS) is 14.1. The van der Waals surface area contributed by atoms with E-state index in [1.54, 1.807) is 0 Å². The smallest absolute Gasteiger partial charge is 0.112 e. The lowest BCUT2D eigenvalue weighted by Gasteiger charge is -2.07. The molecule has 0 aliphatic heterocycles. The largest absolute Gasteiger partial charge is 0.148 e. The monoisotopic (exact) mass is 232 g/mol. The molecule has 0 aromatic heterocycles. The lowest BCUT2D eigenvalue weighted by Crippen LogP contribution is -1.87. The molecular weight excluding hydrogens is 211 g/mol. The molecule has 0 unspecified atom stereocenters. The van der Waals surface area contributed by atoms with Crippen LogP contribution in [0.1, 0.15) is 40.0 Å². The predicted molar refractivity (Wildman–Crippen MR) is 79.0 cm³/mol. The summed E-state index contributed by atoms with van der Waals surface area (Å²) < 4.78 is 0. The molecule has 0 saturated carbocycles. The molecule has 0 saturated heterocycles. The van der Waals surface area contributed by atoms with Gasteiger partial charge in [-0.05, 0) is 42.7 Å². The van der Waals surface area contributed by atoms with Gasteiger partial charge in [-0.25, -0.2) is 0 Å². The predicted octanol–water partition coefficient (Wildman–Crippen LogP) is 4.57. The average Bonchev–Trinajstić information content (AvgIpc) is 2.25. The quantitative estimate of drug-likeness (QED) is 0.387. The summed E-state index contributed by atoms with van der Waals surface area (Å²) in [6, 6.07) is 0. The SMILES string of the molecule is [B]C(=C)\C=C/C(=C\C)C(/C)=C(\S)CCCC. The van der Waals surface area contributed by atoms with Gasteiger partial charge in [0.15, 0.2) is 0 Å². The van der Waals surface area contributed by atoms with Crippen LogP contribution >= 0.6 is 12.6 Å². The second-order valence-electron chi connectivity index (χ2n) is 3.83. The highest BCUT2D eigenvalue weighted by Gasteiger charge is 2.01. The third-order valence-corrected chi connectivity index (χ3v) is 2.98. The molecule has 0 heterocycles. The Kier molecular flexibility index (Phi) is 8.19. The van der Waals surface area contributed by atoms with E-state index >= 15 is 0 Å². The summed E-state index contributed by atoms with van der Waals surface area (Å²) in [5.41, 5.74) is 2.95. The molecule has 0 rings (SSSR count). The molecule has 0 aromatic carbocycles. The molecule has 0 aliphatic carbocycles. The summed E-state index contributed by atoms with van der Waals surface area (Å²) >= 11 is 4.55. The lowest BCUT2D eigenvalue weighted by atomic mass is 9.95. The second-order valence-corrected chi connectivity index (χ2v) is 4.37. The lowest BCUT2D eigenvalue weighted by molar-refractivity contribution is 0.806. The molecule has 86 valence electrons. The van der Waals surface area contributed by atoms with E-state index in [-0.39, 0.29) is 0 Å². The maximum absolute atomic E-state index is 5.51. The molecule has 0 atom stereocenters. The molecule has 16 heavy (non-hydrogen) atoms. The molecule has 0 spiro atoms. The Bertz CT molecular complexity index is 322. The van der Waals surface area contributed by atoms with Gasteiger partial charge in [-0.3, -0.25) is 0 Å². The van der Waals surface area contributed by atoms with Crippen LogP contribution in [0.4, 0.5) is 0 Å². The summed E-state index contributed by atoms with van der Waals surface area (Å²) in [5.74, 6) is 0. The minimum Gasteiger partial charge on any atom is -0.148 e. The van der Waals surface area contributed by atoms with Crippen molar-refractivity contribution in [1.82, 2.24) is 0 Å². The summed E-state index contributed by atoms with van der Waals surface area (Å²) in [4.78, 5) is 1.15. The second kappa shape index (κ2) is 8.52. The number of unbranched alkanes of at least 4 members (excludes halogenated alkanes) is 1. The van der Waals surface area contributed by atoms with E-state index in [1.807, 2.05) is 19.1 Å². The van der Waals surface area contributed by atoms with Crippen LogP contribution < -0.4 is 0 Å². The molecule has 0 bridgehead atoms. The van der Waals surface area contributed by atoms with Crippen molar-refractivity contribution < 1.29 is 0 Å². The number of thiol groups is 1. The van der Waals surface area contributed by atoms with Crippen LogP contribution in [0.5, 0.6) is 0 Å². The van der Waals surface area contributed by atoms with Crippen LogP contribution in [0, 0.1) is 0 Å². The van der Waals surface area contributed by atoms with Gasteiger partial charge in [-0.15, -0.1) is 24.7 Å². The van der Waals surface area contributed by atoms with Crippen molar-refractivity contribution in [2.45, 2.75) is 40.0 Å². The Morgan fingerprint density at radius 2 is 2.00 bits per heavy atom. The van der Waals surface area contributed by atoms with Crippen LogP contribution in [0.3, 0.4) is 0 Å². The average molecular weight is 232 g/mol. The van der Waals surface area contributed by atoms with Gasteiger partial charge in [0, 0.05) is 0 Å². The van der Waals surface area contributed by atoms with Crippen molar-refractivity contribution in [3.8, 4) is 0 Å². The minimum absolute atomic E-state index is 0.571. The molecule has 0 amide bonds. The zero-order valence-electron chi connectivity index (χ0n) is 10.6. The highest BCUT2D eigenvalue weighted by molar-refractivity contribution is 7.84. The number of hydrogen-bond acceptors (Lipinski definition) is 1. The standard InChI is InChI=1S/C14H21BS/c1-5-7-8-14(16)12(4)13(6-2)10-9-11(3)15/h6,9-10,16H,3,5,7-8H2,1-2,4H3/b10-9-,13-6+,14-12-. The van der Waals surface area contributed by atoms with Crippen molar-refractivity contribution >= 4 is 20.5 Å². The summed E-state index contributed by atoms with van der Waals surface area (Å²) in [6.45, 7) is 9.94. The number of hydrogen-bond donors (Lipinski definition) is 1. The number of rotatable bonds is 6. The first-order valence-corrected chi connectivity index (χ1v) is 6.15. The number of allylic oxidation sites excluding steroid dienone is 7. The van der Waals surface area contributed by atoms with Crippen molar-refractivity contribution in [1.29, 1.82) is 0 Å². The van der Waals surface area contributed by atoms with Gasteiger partial charge in [0.25, 0.3) is 0 Å². The fourth-order valence-electron chi connectivity index (χ4n) is 1.33. The molecule has 0 N–H and O–H groups in total. The van der Waals surface area contributed by atoms with Crippen LogP contribution in [0.2, 0.25) is 0 Å². The van der Waals surface area contributed by atoms with Crippen LogP contribution in [0.15, 0.2) is 46.3 Å². The van der Waals surface area contributed by atoms with Crippen LogP contribution in [-0.2, 0) is 0 Å². The van der Waals surface area contributed by atoms with Gasteiger partial charge < -0.3 is 0 Å². The van der Waals surface area contributed by atoms with Crippen LogP contribution in [0.25, 0.3) is 0 Å². The van der Waals surface area contributed by atoms with Crippen molar-refractivity contribution in [2.24, 2.45) is 0 Å². The Morgan fingerprint density at radius 3 is 2.44 bits per heavy atom. The molecule has 0 fully saturated rings. The Hall–Kier alpha value is -0.625. The maximum atomic E-state index is 5.51. The maximum Gasteiger partial charge on any atom is 0.112 e. The van der Waals surface area contributed by atoms with Gasteiger partial charge in [-0.1, -0.05) is 31.6 Å². The molecule has 2 radical (unpaired) electrons.